The maximum absolute atomic E-state index is 12.3. The molecule has 8 heteroatoms. The number of carbonyl (C=O) groups is 1. The summed E-state index contributed by atoms with van der Waals surface area (Å²) in [4.78, 5) is 22.1. The van der Waals surface area contributed by atoms with Gasteiger partial charge in [0, 0.05) is 18.0 Å². The Kier molecular flexibility index (Phi) is 4.03. The third kappa shape index (κ3) is 3.43. The Morgan fingerprint density at radius 3 is 2.67 bits per heavy atom. The molecule has 0 atom stereocenters. The Morgan fingerprint density at radius 2 is 2.00 bits per heavy atom. The van der Waals surface area contributed by atoms with Gasteiger partial charge in [-0.1, -0.05) is 6.07 Å². The highest BCUT2D eigenvalue weighted by atomic mass is 16.2. The zero-order valence-corrected chi connectivity index (χ0v) is 13.6. The number of hydrogen-bond acceptors (Lipinski definition) is 6. The van der Waals surface area contributed by atoms with Gasteiger partial charge in [0.1, 0.15) is 5.82 Å². The topological polar surface area (TPSA) is 98.5 Å². The number of aromatic nitrogens is 6. The first-order chi connectivity index (χ1) is 11.4. The summed E-state index contributed by atoms with van der Waals surface area (Å²) in [6.07, 6.45) is 3.41. The predicted molar refractivity (Wildman–Crippen MR) is 88.2 cm³/mol. The fourth-order valence-electron chi connectivity index (χ4n) is 1.94. The van der Waals surface area contributed by atoms with Gasteiger partial charge in [0.25, 0.3) is 11.7 Å². The summed E-state index contributed by atoms with van der Waals surface area (Å²) < 4.78 is 0. The maximum Gasteiger partial charge on any atom is 0.298 e. The largest absolute Gasteiger partial charge is 0.304 e. The van der Waals surface area contributed by atoms with E-state index in [1.165, 1.54) is 4.80 Å². The Balaban J connectivity index is 1.79. The molecule has 0 spiro atoms. The predicted octanol–water partition coefficient (Wildman–Crippen LogP) is 2.14. The molecule has 0 aliphatic heterocycles. The van der Waals surface area contributed by atoms with Crippen LogP contribution in [0.5, 0.6) is 0 Å². The number of pyridine rings is 2. The first-order valence-electron chi connectivity index (χ1n) is 7.43. The number of nitrogens with one attached hydrogen (secondary N) is 1. The molecule has 1 N–H and O–H groups in total. The van der Waals surface area contributed by atoms with Gasteiger partial charge >= 0.3 is 0 Å². The number of carbonyl (C=O) groups excluding carboxylic acids is 1. The second-order valence-electron chi connectivity index (χ2n) is 6.18. The standard InChI is InChI=1S/C16H17N7O/c1-16(2,3)23-21-14(20-22-23)15(24)19-13-8-4-7-12(18-13)11-6-5-9-17-10-11/h4-10H,1-3H3,(H,18,19,24). The van der Waals surface area contributed by atoms with Crippen molar-refractivity contribution in [1.82, 2.24) is 30.2 Å². The number of tetrazole rings is 1. The zero-order chi connectivity index (χ0) is 17.2. The second kappa shape index (κ2) is 6.15. The lowest BCUT2D eigenvalue weighted by Crippen LogP contribution is -2.25. The minimum atomic E-state index is -0.457. The molecule has 122 valence electrons. The van der Waals surface area contributed by atoms with Gasteiger partial charge in [0.15, 0.2) is 0 Å². The highest BCUT2D eigenvalue weighted by molar-refractivity contribution is 6.00. The lowest BCUT2D eigenvalue weighted by Gasteiger charge is -2.15. The van der Waals surface area contributed by atoms with Crippen LogP contribution in [0.15, 0.2) is 42.7 Å². The highest BCUT2D eigenvalue weighted by Gasteiger charge is 2.20. The lowest BCUT2D eigenvalue weighted by atomic mass is 10.1. The number of amides is 1. The van der Waals surface area contributed by atoms with Crippen LogP contribution in [0.4, 0.5) is 5.82 Å². The van der Waals surface area contributed by atoms with Crippen LogP contribution in [0.2, 0.25) is 0 Å². The van der Waals surface area contributed by atoms with Crippen molar-refractivity contribution in [2.45, 2.75) is 26.3 Å². The summed E-state index contributed by atoms with van der Waals surface area (Å²) in [5, 5.41) is 14.5. The molecule has 3 aromatic rings. The summed E-state index contributed by atoms with van der Waals surface area (Å²) in [5.41, 5.74) is 1.24. The van der Waals surface area contributed by atoms with E-state index in [-0.39, 0.29) is 11.4 Å². The Hall–Kier alpha value is -3.16. The van der Waals surface area contributed by atoms with Gasteiger partial charge in [-0.25, -0.2) is 4.98 Å². The molecule has 0 aromatic carbocycles. The van der Waals surface area contributed by atoms with Crippen molar-refractivity contribution in [3.63, 3.8) is 0 Å². The van der Waals surface area contributed by atoms with Crippen LogP contribution < -0.4 is 5.32 Å². The average molecular weight is 323 g/mol. The molecular formula is C16H17N7O. The van der Waals surface area contributed by atoms with Gasteiger partial charge in [-0.05, 0) is 50.3 Å². The van der Waals surface area contributed by atoms with Crippen LogP contribution in [-0.4, -0.2) is 36.1 Å². The van der Waals surface area contributed by atoms with Gasteiger partial charge < -0.3 is 5.32 Å². The molecule has 0 fully saturated rings. The van der Waals surface area contributed by atoms with Crippen LogP contribution in [0, 0.1) is 0 Å². The van der Waals surface area contributed by atoms with Crippen molar-refractivity contribution in [3.8, 4) is 11.3 Å². The van der Waals surface area contributed by atoms with Crippen LogP contribution in [0.1, 0.15) is 31.4 Å². The van der Waals surface area contributed by atoms with Crippen molar-refractivity contribution in [2.24, 2.45) is 0 Å². The average Bonchev–Trinajstić information content (AvgIpc) is 3.06. The molecule has 8 nitrogen and oxygen atoms in total. The molecule has 0 saturated heterocycles. The van der Waals surface area contributed by atoms with Crippen LogP contribution in [0.25, 0.3) is 11.3 Å². The summed E-state index contributed by atoms with van der Waals surface area (Å²) >= 11 is 0. The summed E-state index contributed by atoms with van der Waals surface area (Å²) in [6, 6.07) is 9.09. The number of rotatable bonds is 3. The first-order valence-corrected chi connectivity index (χ1v) is 7.43. The van der Waals surface area contributed by atoms with E-state index in [0.717, 1.165) is 5.56 Å². The first kappa shape index (κ1) is 15.7. The minimum Gasteiger partial charge on any atom is -0.304 e. The van der Waals surface area contributed by atoms with Gasteiger partial charge in [-0.3, -0.25) is 9.78 Å². The molecule has 0 aliphatic carbocycles. The highest BCUT2D eigenvalue weighted by Crippen LogP contribution is 2.17. The van der Waals surface area contributed by atoms with E-state index in [2.05, 4.69) is 30.7 Å². The van der Waals surface area contributed by atoms with E-state index < -0.39 is 5.91 Å². The zero-order valence-electron chi connectivity index (χ0n) is 13.6. The van der Waals surface area contributed by atoms with Crippen LogP contribution >= 0.6 is 0 Å². The van der Waals surface area contributed by atoms with E-state index in [0.29, 0.717) is 11.5 Å². The summed E-state index contributed by atoms with van der Waals surface area (Å²) in [6.45, 7) is 5.78. The molecular weight excluding hydrogens is 306 g/mol. The molecule has 3 rings (SSSR count). The van der Waals surface area contributed by atoms with Crippen molar-refractivity contribution in [2.75, 3.05) is 5.32 Å². The van der Waals surface area contributed by atoms with Crippen LogP contribution in [0.3, 0.4) is 0 Å². The maximum atomic E-state index is 12.3. The van der Waals surface area contributed by atoms with Crippen molar-refractivity contribution < 1.29 is 4.79 Å². The van der Waals surface area contributed by atoms with E-state index in [1.807, 2.05) is 45.0 Å². The van der Waals surface area contributed by atoms with E-state index in [9.17, 15) is 4.79 Å². The third-order valence-corrected chi connectivity index (χ3v) is 3.16. The Bertz CT molecular complexity index is 852. The summed E-state index contributed by atoms with van der Waals surface area (Å²) in [7, 11) is 0. The molecule has 0 bridgehead atoms. The smallest absolute Gasteiger partial charge is 0.298 e. The minimum absolute atomic E-state index is 0.00138. The number of anilines is 1. The van der Waals surface area contributed by atoms with Gasteiger partial charge in [0.2, 0.25) is 0 Å². The van der Waals surface area contributed by atoms with Crippen molar-refractivity contribution >= 4 is 11.7 Å². The quantitative estimate of drug-likeness (QED) is 0.793. The SMILES string of the molecule is CC(C)(C)n1nnc(C(=O)Nc2cccc(-c3cccnc3)n2)n1. The molecule has 0 aliphatic rings. The van der Waals surface area contributed by atoms with E-state index >= 15 is 0 Å². The monoisotopic (exact) mass is 323 g/mol. The van der Waals surface area contributed by atoms with Gasteiger partial charge in [-0.15, -0.1) is 10.2 Å². The molecule has 0 radical (unpaired) electrons. The van der Waals surface area contributed by atoms with Gasteiger partial charge in [0.05, 0.1) is 11.2 Å². The second-order valence-corrected chi connectivity index (χ2v) is 6.18. The number of hydrogen-bond donors (Lipinski definition) is 1. The molecule has 3 heterocycles. The lowest BCUT2D eigenvalue weighted by molar-refractivity contribution is 0.101. The molecule has 1 amide bonds. The van der Waals surface area contributed by atoms with Crippen molar-refractivity contribution in [1.29, 1.82) is 0 Å². The Labute approximate surface area is 139 Å². The molecule has 3 aromatic heterocycles. The molecule has 0 saturated carbocycles. The van der Waals surface area contributed by atoms with E-state index in [1.54, 1.807) is 18.5 Å². The normalized spacial score (nSPS) is 11.3. The van der Waals surface area contributed by atoms with E-state index in [4.69, 9.17) is 0 Å². The Morgan fingerprint density at radius 1 is 1.17 bits per heavy atom. The van der Waals surface area contributed by atoms with Gasteiger partial charge in [-0.2, -0.15) is 4.80 Å². The fourth-order valence-corrected chi connectivity index (χ4v) is 1.94. The molecule has 24 heavy (non-hydrogen) atoms. The fraction of sp³-hybridized carbons (Fsp3) is 0.250. The van der Waals surface area contributed by atoms with Crippen molar-refractivity contribution in [3.05, 3.63) is 48.5 Å². The van der Waals surface area contributed by atoms with Crippen LogP contribution in [-0.2, 0) is 5.54 Å². The molecule has 0 unspecified atom stereocenters. The summed E-state index contributed by atoms with van der Waals surface area (Å²) in [5.74, 6) is -0.0479. The third-order valence-electron chi connectivity index (χ3n) is 3.16. The number of nitrogens with zero attached hydrogens (tertiary/aromatic N) is 6.